The first-order chi connectivity index (χ1) is 15.2. The molecule has 2 aromatic rings. The molecular weight excluding hydrogens is 392 g/mol. The molecule has 1 saturated heterocycles. The lowest BCUT2D eigenvalue weighted by atomic mass is 10.0. The van der Waals surface area contributed by atoms with Crippen LogP contribution in [0, 0.1) is 0 Å². The van der Waals surface area contributed by atoms with E-state index in [1.54, 1.807) is 0 Å². The number of benzene rings is 2. The van der Waals surface area contributed by atoms with Crippen molar-refractivity contribution < 1.29 is 14.3 Å². The van der Waals surface area contributed by atoms with Crippen LogP contribution in [0.25, 0.3) is 0 Å². The van der Waals surface area contributed by atoms with Crippen molar-refractivity contribution in [2.45, 2.75) is 19.4 Å². The fourth-order valence-electron chi connectivity index (χ4n) is 4.35. The van der Waals surface area contributed by atoms with Gasteiger partial charge in [-0.15, -0.1) is 0 Å². The van der Waals surface area contributed by atoms with Gasteiger partial charge >= 0.3 is 6.03 Å². The van der Waals surface area contributed by atoms with Crippen molar-refractivity contribution in [3.05, 3.63) is 53.6 Å². The minimum absolute atomic E-state index is 0.105. The van der Waals surface area contributed by atoms with Gasteiger partial charge in [0.25, 0.3) is 0 Å². The zero-order chi connectivity index (χ0) is 21.6. The van der Waals surface area contributed by atoms with Crippen LogP contribution >= 0.6 is 0 Å². The van der Waals surface area contributed by atoms with Crippen LogP contribution in [-0.4, -0.2) is 64.0 Å². The summed E-state index contributed by atoms with van der Waals surface area (Å²) in [6.07, 6.45) is 1.07. The quantitative estimate of drug-likeness (QED) is 0.714. The average Bonchev–Trinajstić information content (AvgIpc) is 3.16. The number of carbonyl (C=O) groups is 1. The number of morpholine rings is 1. The van der Waals surface area contributed by atoms with Crippen molar-refractivity contribution in [3.8, 4) is 5.75 Å². The maximum Gasteiger partial charge on any atom is 0.319 e. The van der Waals surface area contributed by atoms with Crippen LogP contribution in [-0.2, 0) is 11.2 Å². The van der Waals surface area contributed by atoms with E-state index in [1.807, 2.05) is 31.2 Å². The number of ether oxygens (including phenoxy) is 2. The third kappa shape index (κ3) is 5.11. The van der Waals surface area contributed by atoms with E-state index in [-0.39, 0.29) is 12.1 Å². The van der Waals surface area contributed by atoms with Crippen LogP contribution in [0.4, 0.5) is 16.2 Å². The van der Waals surface area contributed by atoms with Gasteiger partial charge in [-0.25, -0.2) is 4.79 Å². The van der Waals surface area contributed by atoms with Crippen molar-refractivity contribution in [1.82, 2.24) is 10.2 Å². The predicted molar refractivity (Wildman–Crippen MR) is 123 cm³/mol. The van der Waals surface area contributed by atoms with Crippen LogP contribution in [0.2, 0.25) is 0 Å². The monoisotopic (exact) mass is 424 g/mol. The topological polar surface area (TPSA) is 66.1 Å². The molecule has 4 rings (SSSR count). The van der Waals surface area contributed by atoms with Crippen molar-refractivity contribution >= 4 is 17.4 Å². The number of anilines is 2. The lowest BCUT2D eigenvalue weighted by molar-refractivity contribution is 0.0168. The fraction of sp³-hybridized carbons (Fsp3) is 0.458. The summed E-state index contributed by atoms with van der Waals surface area (Å²) in [6.45, 7) is 7.22. The Kier molecular flexibility index (Phi) is 6.94. The summed E-state index contributed by atoms with van der Waals surface area (Å²) in [7, 11) is 2.14. The highest BCUT2D eigenvalue weighted by molar-refractivity contribution is 5.90. The molecule has 7 nitrogen and oxygen atoms in total. The Labute approximate surface area is 184 Å². The van der Waals surface area contributed by atoms with E-state index in [9.17, 15) is 4.79 Å². The maximum atomic E-state index is 12.7. The first kappa shape index (κ1) is 21.5. The zero-order valence-corrected chi connectivity index (χ0v) is 18.4. The Morgan fingerprint density at radius 3 is 2.77 bits per heavy atom. The number of urea groups is 1. The highest BCUT2D eigenvalue weighted by Gasteiger charge is 2.25. The van der Waals surface area contributed by atoms with Crippen LogP contribution in [0.3, 0.4) is 0 Å². The van der Waals surface area contributed by atoms with E-state index >= 15 is 0 Å². The Hall–Kier alpha value is -2.77. The molecule has 31 heavy (non-hydrogen) atoms. The third-order valence-electron chi connectivity index (χ3n) is 5.99. The molecule has 1 fully saturated rings. The molecule has 0 saturated carbocycles. The van der Waals surface area contributed by atoms with Gasteiger partial charge in [-0.1, -0.05) is 24.3 Å². The van der Waals surface area contributed by atoms with Crippen molar-refractivity contribution in [3.63, 3.8) is 0 Å². The van der Waals surface area contributed by atoms with Crippen molar-refractivity contribution in [2.75, 3.05) is 63.3 Å². The van der Waals surface area contributed by atoms with Gasteiger partial charge in [0.1, 0.15) is 5.75 Å². The summed E-state index contributed by atoms with van der Waals surface area (Å²) in [5.74, 6) is 0.674. The van der Waals surface area contributed by atoms with Crippen LogP contribution in [0.1, 0.15) is 24.1 Å². The standard InChI is InChI=1S/C24H32N4O3/c1-3-31-23-7-5-4-6-20(23)26-24(29)25-17-22(28-12-14-30-15-13-28)18-8-9-21-19(16-18)10-11-27(21)2/h4-9,16,22H,3,10-15,17H2,1-2H3,(H2,25,26,29)/t22-/m1/s1. The number of nitrogens with zero attached hydrogens (tertiary/aromatic N) is 2. The van der Waals surface area contributed by atoms with E-state index in [0.717, 1.165) is 39.3 Å². The van der Waals surface area contributed by atoms with E-state index in [1.165, 1.54) is 16.8 Å². The van der Waals surface area contributed by atoms with Gasteiger partial charge < -0.3 is 25.0 Å². The molecule has 2 heterocycles. The number of rotatable bonds is 7. The largest absolute Gasteiger partial charge is 0.492 e. The summed E-state index contributed by atoms with van der Waals surface area (Å²) in [6, 6.07) is 14.1. The Balaban J connectivity index is 1.46. The molecule has 2 N–H and O–H groups in total. The van der Waals surface area contributed by atoms with Crippen molar-refractivity contribution in [2.24, 2.45) is 0 Å². The molecule has 2 aliphatic heterocycles. The molecule has 2 aromatic carbocycles. The van der Waals surface area contributed by atoms with Gasteiger partial charge in [-0.2, -0.15) is 0 Å². The molecule has 166 valence electrons. The minimum atomic E-state index is -0.230. The number of hydrogen-bond acceptors (Lipinski definition) is 5. The summed E-state index contributed by atoms with van der Waals surface area (Å²) in [5, 5.41) is 6.00. The fourth-order valence-corrected chi connectivity index (χ4v) is 4.35. The molecule has 2 amide bonds. The number of fused-ring (bicyclic) bond motifs is 1. The summed E-state index contributed by atoms with van der Waals surface area (Å²) in [4.78, 5) is 17.4. The number of nitrogens with one attached hydrogen (secondary N) is 2. The van der Waals surface area contributed by atoms with E-state index in [0.29, 0.717) is 24.6 Å². The Morgan fingerprint density at radius 1 is 1.16 bits per heavy atom. The Bertz CT molecular complexity index is 898. The molecule has 0 aromatic heterocycles. The predicted octanol–water partition coefficient (Wildman–Crippen LogP) is 3.27. The second-order valence-corrected chi connectivity index (χ2v) is 7.99. The van der Waals surface area contributed by atoms with Crippen LogP contribution in [0.15, 0.2) is 42.5 Å². The van der Waals surface area contributed by atoms with E-state index in [2.05, 4.69) is 45.7 Å². The molecule has 0 spiro atoms. The number of para-hydroxylation sites is 2. The summed E-state index contributed by atoms with van der Waals surface area (Å²) in [5.41, 5.74) is 4.60. The number of carbonyl (C=O) groups excluding carboxylic acids is 1. The average molecular weight is 425 g/mol. The van der Waals surface area contributed by atoms with Gasteiger partial charge in [0.2, 0.25) is 0 Å². The Morgan fingerprint density at radius 2 is 1.97 bits per heavy atom. The molecule has 0 bridgehead atoms. The summed E-state index contributed by atoms with van der Waals surface area (Å²) >= 11 is 0. The first-order valence-electron chi connectivity index (χ1n) is 11.1. The lowest BCUT2D eigenvalue weighted by Gasteiger charge is -2.35. The first-order valence-corrected chi connectivity index (χ1v) is 11.1. The number of hydrogen-bond donors (Lipinski definition) is 2. The highest BCUT2D eigenvalue weighted by atomic mass is 16.5. The normalized spacial score (nSPS) is 17.2. The van der Waals surface area contributed by atoms with Gasteiger partial charge in [0.05, 0.1) is 31.5 Å². The molecule has 1 atom stereocenters. The maximum absolute atomic E-state index is 12.7. The molecule has 7 heteroatoms. The molecule has 0 aliphatic carbocycles. The van der Waals surface area contributed by atoms with Crippen molar-refractivity contribution in [1.29, 1.82) is 0 Å². The highest BCUT2D eigenvalue weighted by Crippen LogP contribution is 2.31. The van der Waals surface area contributed by atoms with Gasteiger partial charge in [-0.3, -0.25) is 4.90 Å². The second kappa shape index (κ2) is 10.0. The van der Waals surface area contributed by atoms with Gasteiger partial charge in [-0.05, 0) is 42.7 Å². The molecule has 0 unspecified atom stereocenters. The van der Waals surface area contributed by atoms with Gasteiger partial charge in [0, 0.05) is 38.9 Å². The lowest BCUT2D eigenvalue weighted by Crippen LogP contribution is -2.44. The van der Waals surface area contributed by atoms with Crippen LogP contribution < -0.4 is 20.3 Å². The zero-order valence-electron chi connectivity index (χ0n) is 18.4. The second-order valence-electron chi connectivity index (χ2n) is 7.99. The minimum Gasteiger partial charge on any atom is -0.492 e. The van der Waals surface area contributed by atoms with E-state index in [4.69, 9.17) is 9.47 Å². The molecule has 2 aliphatic rings. The molecule has 0 radical (unpaired) electrons. The SMILES string of the molecule is CCOc1ccccc1NC(=O)NC[C@H](c1ccc2c(c1)CCN2C)N1CCOCC1. The third-order valence-corrected chi connectivity index (χ3v) is 5.99. The molecular formula is C24H32N4O3. The smallest absolute Gasteiger partial charge is 0.319 e. The van der Waals surface area contributed by atoms with Gasteiger partial charge in [0.15, 0.2) is 0 Å². The van der Waals surface area contributed by atoms with Crippen LogP contribution in [0.5, 0.6) is 5.75 Å². The van der Waals surface area contributed by atoms with E-state index < -0.39 is 0 Å². The summed E-state index contributed by atoms with van der Waals surface area (Å²) < 4.78 is 11.2. The number of amides is 2. The number of likely N-dealkylation sites (N-methyl/N-ethyl adjacent to an activating group) is 1.